The Morgan fingerprint density at radius 1 is 1.08 bits per heavy atom. The molecular formula is C20H23NO3Si. The number of nitrogens with zero attached hydrogens (tertiary/aromatic N) is 1. The van der Waals surface area contributed by atoms with Gasteiger partial charge in [-0.15, -0.1) is 0 Å². The average Bonchev–Trinajstić information content (AvgIpc) is 2.92. The Balaban J connectivity index is 2.52. The maximum Gasteiger partial charge on any atom is 0.340 e. The summed E-state index contributed by atoms with van der Waals surface area (Å²) in [5.41, 5.74) is 2.97. The standard InChI is InChI=1S/C20H23NO3Si/c1-6-24-20(23)18-15-11-9-7-8-10-14(15)16-12-17(25(3,4)5)21(13(2)22)19(16)18/h7-12H,6H2,1-5H3. The van der Waals surface area contributed by atoms with Gasteiger partial charge in [-0.05, 0) is 24.1 Å². The zero-order valence-corrected chi connectivity index (χ0v) is 16.3. The number of hydrogen-bond acceptors (Lipinski definition) is 3. The summed E-state index contributed by atoms with van der Waals surface area (Å²) in [6, 6.07) is 11.8. The number of esters is 1. The van der Waals surface area contributed by atoms with Crippen molar-refractivity contribution in [2.75, 3.05) is 6.61 Å². The van der Waals surface area contributed by atoms with E-state index in [1.54, 1.807) is 18.4 Å². The number of ether oxygens (including phenoxy) is 1. The molecule has 0 radical (unpaired) electrons. The van der Waals surface area contributed by atoms with Gasteiger partial charge in [-0.2, -0.15) is 0 Å². The first-order valence-electron chi connectivity index (χ1n) is 8.52. The third kappa shape index (κ3) is 2.78. The van der Waals surface area contributed by atoms with Crippen molar-refractivity contribution >= 4 is 36.2 Å². The first-order valence-corrected chi connectivity index (χ1v) is 12.0. The fraction of sp³-hybridized carbons (Fsp3) is 0.300. The van der Waals surface area contributed by atoms with Gasteiger partial charge in [0.1, 0.15) is 0 Å². The van der Waals surface area contributed by atoms with E-state index in [-0.39, 0.29) is 11.9 Å². The van der Waals surface area contributed by atoms with Crippen LogP contribution in [-0.4, -0.2) is 31.1 Å². The zero-order valence-electron chi connectivity index (χ0n) is 15.3. The molecule has 0 N–H and O–H groups in total. The smallest absolute Gasteiger partial charge is 0.340 e. The monoisotopic (exact) mass is 353 g/mol. The Bertz CT molecular complexity index is 950. The van der Waals surface area contributed by atoms with Gasteiger partial charge >= 0.3 is 5.97 Å². The van der Waals surface area contributed by atoms with Crippen molar-refractivity contribution in [3.63, 3.8) is 0 Å². The summed E-state index contributed by atoms with van der Waals surface area (Å²) in [7, 11) is -1.78. The fourth-order valence-electron chi connectivity index (χ4n) is 3.38. The van der Waals surface area contributed by atoms with E-state index in [1.165, 1.54) is 0 Å². The third-order valence-corrected chi connectivity index (χ3v) is 6.30. The molecule has 1 aromatic heterocycles. The van der Waals surface area contributed by atoms with Gasteiger partial charge in [-0.1, -0.05) is 50.0 Å². The Morgan fingerprint density at radius 3 is 2.28 bits per heavy atom. The highest BCUT2D eigenvalue weighted by Crippen LogP contribution is 2.39. The number of carbonyl (C=O) groups is 2. The molecule has 25 heavy (non-hydrogen) atoms. The van der Waals surface area contributed by atoms with Crippen LogP contribution in [0.3, 0.4) is 0 Å². The molecule has 0 amide bonds. The molecule has 1 heterocycles. The van der Waals surface area contributed by atoms with Crippen LogP contribution in [0.1, 0.15) is 29.0 Å². The van der Waals surface area contributed by atoms with Gasteiger partial charge in [0.25, 0.3) is 0 Å². The van der Waals surface area contributed by atoms with Crippen LogP contribution in [0.25, 0.3) is 22.0 Å². The minimum Gasteiger partial charge on any atom is -0.462 e. The van der Waals surface area contributed by atoms with E-state index in [0.29, 0.717) is 17.7 Å². The first-order chi connectivity index (χ1) is 11.8. The van der Waals surface area contributed by atoms with Crippen LogP contribution < -0.4 is 5.32 Å². The van der Waals surface area contributed by atoms with Crippen molar-refractivity contribution in [2.24, 2.45) is 0 Å². The van der Waals surface area contributed by atoms with Crippen LogP contribution in [0.5, 0.6) is 0 Å². The van der Waals surface area contributed by atoms with E-state index in [9.17, 15) is 9.59 Å². The lowest BCUT2D eigenvalue weighted by Crippen LogP contribution is -2.44. The van der Waals surface area contributed by atoms with Crippen LogP contribution in [-0.2, 0) is 4.74 Å². The van der Waals surface area contributed by atoms with Gasteiger partial charge in [0.15, 0.2) is 0 Å². The topological polar surface area (TPSA) is 48.3 Å². The second-order valence-electron chi connectivity index (χ2n) is 7.23. The van der Waals surface area contributed by atoms with Crippen molar-refractivity contribution < 1.29 is 14.3 Å². The van der Waals surface area contributed by atoms with Crippen molar-refractivity contribution in [1.82, 2.24) is 4.57 Å². The van der Waals surface area contributed by atoms with Crippen molar-refractivity contribution in [3.8, 4) is 11.1 Å². The summed E-state index contributed by atoms with van der Waals surface area (Å²) < 4.78 is 7.04. The maximum atomic E-state index is 12.7. The zero-order chi connectivity index (χ0) is 18.4. The van der Waals surface area contributed by atoms with Gasteiger partial charge < -0.3 is 4.74 Å². The van der Waals surface area contributed by atoms with E-state index in [1.807, 2.05) is 30.3 Å². The minimum atomic E-state index is -1.78. The Morgan fingerprint density at radius 2 is 1.72 bits per heavy atom. The molecule has 130 valence electrons. The SMILES string of the molecule is CCOC(=O)c1c2cccccc-2c2cc([Si](C)(C)C)n(C(C)=O)c12. The molecule has 4 nitrogen and oxygen atoms in total. The van der Waals surface area contributed by atoms with Crippen molar-refractivity contribution in [1.29, 1.82) is 0 Å². The molecule has 0 saturated carbocycles. The van der Waals surface area contributed by atoms with Gasteiger partial charge in [0.05, 0.1) is 25.8 Å². The molecule has 0 atom stereocenters. The molecular weight excluding hydrogens is 330 g/mol. The van der Waals surface area contributed by atoms with E-state index >= 15 is 0 Å². The summed E-state index contributed by atoms with van der Waals surface area (Å²) in [6.45, 7) is 10.2. The quantitative estimate of drug-likeness (QED) is 0.525. The number of aromatic nitrogens is 1. The molecule has 0 aromatic carbocycles. The van der Waals surface area contributed by atoms with Crippen molar-refractivity contribution in [2.45, 2.75) is 33.5 Å². The highest BCUT2D eigenvalue weighted by atomic mass is 28.3. The molecule has 5 heteroatoms. The van der Waals surface area contributed by atoms with Crippen LogP contribution in [0, 0.1) is 0 Å². The second-order valence-corrected chi connectivity index (χ2v) is 12.2. The molecule has 0 fully saturated rings. The number of rotatable bonds is 3. The molecule has 2 aliphatic rings. The Kier molecular flexibility index (Phi) is 4.29. The number of hydrogen-bond donors (Lipinski definition) is 0. The largest absolute Gasteiger partial charge is 0.462 e. The molecule has 0 spiro atoms. The van der Waals surface area contributed by atoms with Gasteiger partial charge in [-0.25, -0.2) is 4.79 Å². The fourth-order valence-corrected chi connectivity index (χ4v) is 4.90. The van der Waals surface area contributed by atoms with Crippen LogP contribution in [0.2, 0.25) is 19.6 Å². The van der Waals surface area contributed by atoms with Gasteiger partial charge in [0.2, 0.25) is 5.91 Å². The molecule has 0 saturated heterocycles. The van der Waals surface area contributed by atoms with Crippen LogP contribution in [0.15, 0.2) is 36.4 Å². The van der Waals surface area contributed by atoms with Crippen LogP contribution >= 0.6 is 0 Å². The van der Waals surface area contributed by atoms with E-state index in [4.69, 9.17) is 4.74 Å². The summed E-state index contributed by atoms with van der Waals surface area (Å²) in [5, 5.41) is 1.98. The molecule has 2 aliphatic carbocycles. The maximum absolute atomic E-state index is 12.7. The molecule has 3 rings (SSSR count). The lowest BCUT2D eigenvalue weighted by Gasteiger charge is -2.19. The summed E-state index contributed by atoms with van der Waals surface area (Å²) in [6.07, 6.45) is 0. The minimum absolute atomic E-state index is 0.0716. The molecule has 0 aliphatic heterocycles. The van der Waals surface area contributed by atoms with E-state index < -0.39 is 8.07 Å². The normalized spacial score (nSPS) is 11.9. The Labute approximate surface area is 148 Å². The van der Waals surface area contributed by atoms with Gasteiger partial charge in [0, 0.05) is 17.6 Å². The molecule has 0 bridgehead atoms. The lowest BCUT2D eigenvalue weighted by molar-refractivity contribution is 0.0529. The molecule has 0 unspecified atom stereocenters. The highest BCUT2D eigenvalue weighted by molar-refractivity contribution is 6.88. The van der Waals surface area contributed by atoms with E-state index in [2.05, 4.69) is 25.7 Å². The second kappa shape index (κ2) is 6.15. The lowest BCUT2D eigenvalue weighted by atomic mass is 10.1. The number of fused-ring (bicyclic) bond motifs is 3. The number of carbonyl (C=O) groups excluding carboxylic acids is 2. The molecule has 1 aromatic rings. The van der Waals surface area contributed by atoms with Crippen LogP contribution in [0.4, 0.5) is 0 Å². The third-order valence-electron chi connectivity index (χ3n) is 4.40. The predicted octanol–water partition coefficient (Wildman–Crippen LogP) is 4.13. The summed E-state index contributed by atoms with van der Waals surface area (Å²) in [4.78, 5) is 25.2. The van der Waals surface area contributed by atoms with E-state index in [0.717, 1.165) is 21.8 Å². The van der Waals surface area contributed by atoms with Gasteiger partial charge in [-0.3, -0.25) is 9.36 Å². The first kappa shape index (κ1) is 17.4. The van der Waals surface area contributed by atoms with Crippen molar-refractivity contribution in [3.05, 3.63) is 42.0 Å². The Hall–Kier alpha value is -2.40. The predicted molar refractivity (Wildman–Crippen MR) is 104 cm³/mol. The highest BCUT2D eigenvalue weighted by Gasteiger charge is 2.32. The summed E-state index contributed by atoms with van der Waals surface area (Å²) >= 11 is 0. The summed E-state index contributed by atoms with van der Waals surface area (Å²) in [5.74, 6) is -0.450. The average molecular weight is 353 g/mol.